The quantitative estimate of drug-likeness (QED) is 0.862. The summed E-state index contributed by atoms with van der Waals surface area (Å²) in [5.41, 5.74) is 1.09. The van der Waals surface area contributed by atoms with Crippen molar-refractivity contribution in [3.8, 4) is 0 Å². The monoisotopic (exact) mass is 324 g/mol. The largest absolute Gasteiger partial charge is 0.369 e. The molecule has 0 spiro atoms. The predicted octanol–water partition coefficient (Wildman–Crippen LogP) is 4.24. The summed E-state index contributed by atoms with van der Waals surface area (Å²) in [6, 6.07) is 5.65. The standard InChI is InChI=1S/C15H18Cl2N4/c1-3-6-19-14-12(16)8-13(17)15(20-14)21(2)10-11-5-4-7-18-9-11/h4-5,7-9H,3,6,10H2,1-2H3,(H,19,20). The van der Waals surface area contributed by atoms with Gasteiger partial charge in [0.05, 0.1) is 10.0 Å². The lowest BCUT2D eigenvalue weighted by atomic mass is 10.2. The number of anilines is 2. The maximum Gasteiger partial charge on any atom is 0.149 e. The van der Waals surface area contributed by atoms with E-state index in [1.54, 1.807) is 12.3 Å². The van der Waals surface area contributed by atoms with Crippen LogP contribution in [0.3, 0.4) is 0 Å². The first kappa shape index (κ1) is 15.9. The van der Waals surface area contributed by atoms with Crippen LogP contribution in [0.5, 0.6) is 0 Å². The van der Waals surface area contributed by atoms with E-state index in [1.807, 2.05) is 30.3 Å². The lowest BCUT2D eigenvalue weighted by Gasteiger charge is -2.21. The van der Waals surface area contributed by atoms with Gasteiger partial charge in [0.2, 0.25) is 0 Å². The summed E-state index contributed by atoms with van der Waals surface area (Å²) in [6.07, 6.45) is 4.59. The topological polar surface area (TPSA) is 41.1 Å². The molecule has 4 nitrogen and oxygen atoms in total. The Morgan fingerprint density at radius 3 is 2.76 bits per heavy atom. The second-order valence-electron chi connectivity index (χ2n) is 4.77. The molecule has 1 N–H and O–H groups in total. The highest BCUT2D eigenvalue weighted by Gasteiger charge is 2.13. The van der Waals surface area contributed by atoms with Gasteiger partial charge in [-0.2, -0.15) is 0 Å². The molecule has 0 aromatic carbocycles. The summed E-state index contributed by atoms with van der Waals surface area (Å²) in [5.74, 6) is 1.36. The van der Waals surface area contributed by atoms with Crippen LogP contribution in [0, 0.1) is 0 Å². The first-order valence-electron chi connectivity index (χ1n) is 6.81. The van der Waals surface area contributed by atoms with Crippen LogP contribution < -0.4 is 10.2 Å². The molecule has 0 bridgehead atoms. The molecule has 0 fully saturated rings. The molecule has 2 aromatic rings. The average Bonchev–Trinajstić information content (AvgIpc) is 2.47. The van der Waals surface area contributed by atoms with Gasteiger partial charge in [-0.25, -0.2) is 4.98 Å². The molecule has 0 unspecified atom stereocenters. The maximum absolute atomic E-state index is 6.26. The predicted molar refractivity (Wildman–Crippen MR) is 89.4 cm³/mol. The molecule has 0 aliphatic rings. The fourth-order valence-corrected chi connectivity index (χ4v) is 2.50. The van der Waals surface area contributed by atoms with Gasteiger partial charge in [0.1, 0.15) is 11.6 Å². The molecule has 0 saturated heterocycles. The number of aromatic nitrogens is 2. The Morgan fingerprint density at radius 1 is 1.29 bits per heavy atom. The molecule has 112 valence electrons. The molecule has 6 heteroatoms. The van der Waals surface area contributed by atoms with Crippen molar-refractivity contribution in [2.75, 3.05) is 23.8 Å². The number of halogens is 2. The number of nitrogens with one attached hydrogen (secondary N) is 1. The minimum Gasteiger partial charge on any atom is -0.369 e. The van der Waals surface area contributed by atoms with E-state index >= 15 is 0 Å². The molecule has 0 saturated carbocycles. The fraction of sp³-hybridized carbons (Fsp3) is 0.333. The Morgan fingerprint density at radius 2 is 2.10 bits per heavy atom. The van der Waals surface area contributed by atoms with E-state index in [4.69, 9.17) is 23.2 Å². The number of rotatable bonds is 6. The van der Waals surface area contributed by atoms with Crippen LogP contribution in [0.15, 0.2) is 30.6 Å². The van der Waals surface area contributed by atoms with Crippen LogP contribution in [0.2, 0.25) is 10.0 Å². The van der Waals surface area contributed by atoms with E-state index in [-0.39, 0.29) is 0 Å². The summed E-state index contributed by atoms with van der Waals surface area (Å²) in [5, 5.41) is 4.28. The minimum absolute atomic E-state index is 0.534. The van der Waals surface area contributed by atoms with Crippen molar-refractivity contribution >= 4 is 34.8 Å². The molecular formula is C15H18Cl2N4. The Hall–Kier alpha value is -1.52. The number of pyridine rings is 2. The van der Waals surface area contributed by atoms with E-state index in [2.05, 4.69) is 22.2 Å². The van der Waals surface area contributed by atoms with E-state index < -0.39 is 0 Å². The van der Waals surface area contributed by atoms with Crippen molar-refractivity contribution in [1.82, 2.24) is 9.97 Å². The van der Waals surface area contributed by atoms with Crippen LogP contribution in [0.1, 0.15) is 18.9 Å². The fourth-order valence-electron chi connectivity index (χ4n) is 1.93. The second kappa shape index (κ2) is 7.48. The van der Waals surface area contributed by atoms with E-state index in [9.17, 15) is 0 Å². The normalized spacial score (nSPS) is 10.5. The van der Waals surface area contributed by atoms with Gasteiger partial charge < -0.3 is 10.2 Å². The zero-order chi connectivity index (χ0) is 15.2. The summed E-state index contributed by atoms with van der Waals surface area (Å²) in [4.78, 5) is 10.6. The third-order valence-corrected chi connectivity index (χ3v) is 3.52. The van der Waals surface area contributed by atoms with Crippen molar-refractivity contribution in [1.29, 1.82) is 0 Å². The van der Waals surface area contributed by atoms with E-state index in [1.165, 1.54) is 0 Å². The summed E-state index contributed by atoms with van der Waals surface area (Å²) >= 11 is 12.4. The Balaban J connectivity index is 2.21. The maximum atomic E-state index is 6.26. The van der Waals surface area contributed by atoms with Gasteiger partial charge in [-0.1, -0.05) is 36.2 Å². The van der Waals surface area contributed by atoms with Gasteiger partial charge >= 0.3 is 0 Å². The molecule has 0 radical (unpaired) electrons. The molecule has 0 aliphatic carbocycles. The third-order valence-electron chi connectivity index (χ3n) is 2.96. The summed E-state index contributed by atoms with van der Waals surface area (Å²) in [6.45, 7) is 3.59. The summed E-state index contributed by atoms with van der Waals surface area (Å²) in [7, 11) is 1.94. The zero-order valence-electron chi connectivity index (χ0n) is 12.1. The molecular weight excluding hydrogens is 307 g/mol. The molecule has 0 atom stereocenters. The Labute approximate surface area is 135 Å². The number of hydrogen-bond acceptors (Lipinski definition) is 4. The molecule has 2 heterocycles. The van der Waals surface area contributed by atoms with Crippen LogP contribution in [-0.2, 0) is 6.54 Å². The highest BCUT2D eigenvalue weighted by atomic mass is 35.5. The average molecular weight is 325 g/mol. The van der Waals surface area contributed by atoms with Crippen molar-refractivity contribution in [3.63, 3.8) is 0 Å². The van der Waals surface area contributed by atoms with Crippen molar-refractivity contribution in [2.24, 2.45) is 0 Å². The Kier molecular flexibility index (Phi) is 5.65. The van der Waals surface area contributed by atoms with Gasteiger partial charge in [0, 0.05) is 32.5 Å². The van der Waals surface area contributed by atoms with Gasteiger partial charge in [0.25, 0.3) is 0 Å². The number of hydrogen-bond donors (Lipinski definition) is 1. The van der Waals surface area contributed by atoms with Crippen LogP contribution in [0.25, 0.3) is 0 Å². The molecule has 2 rings (SSSR count). The van der Waals surface area contributed by atoms with Crippen LogP contribution in [0.4, 0.5) is 11.6 Å². The molecule has 21 heavy (non-hydrogen) atoms. The van der Waals surface area contributed by atoms with Crippen molar-refractivity contribution in [3.05, 3.63) is 46.2 Å². The number of nitrogens with zero attached hydrogens (tertiary/aromatic N) is 3. The first-order valence-corrected chi connectivity index (χ1v) is 7.57. The second-order valence-corrected chi connectivity index (χ2v) is 5.58. The SMILES string of the molecule is CCCNc1nc(N(C)Cc2cccnc2)c(Cl)cc1Cl. The summed E-state index contributed by atoms with van der Waals surface area (Å²) < 4.78 is 0. The minimum atomic E-state index is 0.534. The first-order chi connectivity index (χ1) is 10.1. The van der Waals surface area contributed by atoms with E-state index in [0.29, 0.717) is 28.2 Å². The van der Waals surface area contributed by atoms with Gasteiger partial charge in [0.15, 0.2) is 0 Å². The van der Waals surface area contributed by atoms with E-state index in [0.717, 1.165) is 18.5 Å². The Bertz CT molecular complexity index is 590. The lowest BCUT2D eigenvalue weighted by molar-refractivity contribution is 0.889. The highest BCUT2D eigenvalue weighted by Crippen LogP contribution is 2.31. The zero-order valence-corrected chi connectivity index (χ0v) is 13.6. The van der Waals surface area contributed by atoms with Crippen LogP contribution >= 0.6 is 23.2 Å². The highest BCUT2D eigenvalue weighted by molar-refractivity contribution is 6.37. The molecule has 2 aromatic heterocycles. The smallest absolute Gasteiger partial charge is 0.149 e. The van der Waals surface area contributed by atoms with Crippen molar-refractivity contribution < 1.29 is 0 Å². The van der Waals surface area contributed by atoms with Gasteiger partial charge in [-0.05, 0) is 24.1 Å². The lowest BCUT2D eigenvalue weighted by Crippen LogP contribution is -2.19. The van der Waals surface area contributed by atoms with Gasteiger partial charge in [-0.3, -0.25) is 4.98 Å². The van der Waals surface area contributed by atoms with Gasteiger partial charge in [-0.15, -0.1) is 0 Å². The molecule has 0 aliphatic heterocycles. The van der Waals surface area contributed by atoms with Crippen molar-refractivity contribution in [2.45, 2.75) is 19.9 Å². The van der Waals surface area contributed by atoms with Crippen LogP contribution in [-0.4, -0.2) is 23.6 Å². The molecule has 0 amide bonds. The third kappa shape index (κ3) is 4.22.